The predicted molar refractivity (Wildman–Crippen MR) is 129 cm³/mol. The highest BCUT2D eigenvalue weighted by Crippen LogP contribution is 2.30. The third-order valence-electron chi connectivity index (χ3n) is 4.25. The van der Waals surface area contributed by atoms with E-state index < -0.39 is 12.8 Å². The quantitative estimate of drug-likeness (QED) is 0.249. The Labute approximate surface area is 203 Å². The summed E-state index contributed by atoms with van der Waals surface area (Å²) in [6.07, 6.45) is -4.32. The van der Waals surface area contributed by atoms with Crippen molar-refractivity contribution in [1.82, 2.24) is 10.6 Å². The summed E-state index contributed by atoms with van der Waals surface area (Å²) < 4.78 is 51.9. The van der Waals surface area contributed by atoms with Gasteiger partial charge in [-0.25, -0.2) is 4.99 Å². The number of hydrogen-bond acceptors (Lipinski definition) is 4. The fourth-order valence-corrected chi connectivity index (χ4v) is 2.81. The summed E-state index contributed by atoms with van der Waals surface area (Å²) in [5.74, 6) is 1.95. The van der Waals surface area contributed by atoms with E-state index in [2.05, 4.69) is 20.4 Å². The number of alkyl halides is 3. The molecule has 0 unspecified atom stereocenters. The van der Waals surface area contributed by atoms with Gasteiger partial charge in [0.2, 0.25) is 0 Å². The van der Waals surface area contributed by atoms with Crippen LogP contribution in [0.5, 0.6) is 11.5 Å². The lowest BCUT2D eigenvalue weighted by atomic mass is 10.1. The second-order valence-corrected chi connectivity index (χ2v) is 6.63. The molecule has 2 rings (SSSR count). The molecule has 0 aliphatic rings. The molecule has 0 bridgehead atoms. The smallest absolute Gasteiger partial charge is 0.411 e. The van der Waals surface area contributed by atoms with E-state index in [1.165, 1.54) is 0 Å². The Hall–Kier alpha value is -2.21. The number of ether oxygens (including phenoxy) is 3. The van der Waals surface area contributed by atoms with Gasteiger partial charge in [-0.2, -0.15) is 13.2 Å². The Morgan fingerprint density at radius 3 is 2.25 bits per heavy atom. The van der Waals surface area contributed by atoms with Gasteiger partial charge in [0.1, 0.15) is 6.61 Å². The third kappa shape index (κ3) is 9.51. The lowest BCUT2D eigenvalue weighted by molar-refractivity contribution is -0.176. The maximum absolute atomic E-state index is 12.1. The zero-order valence-corrected chi connectivity index (χ0v) is 20.6. The first-order chi connectivity index (χ1) is 14.9. The summed E-state index contributed by atoms with van der Waals surface area (Å²) in [6.45, 7) is 2.22. The summed E-state index contributed by atoms with van der Waals surface area (Å²) in [6, 6.07) is 12.8. The minimum absolute atomic E-state index is 0. The summed E-state index contributed by atoms with van der Waals surface area (Å²) in [4.78, 5) is 4.56. The highest BCUT2D eigenvalue weighted by Gasteiger charge is 2.27. The van der Waals surface area contributed by atoms with E-state index in [-0.39, 0.29) is 30.6 Å². The lowest BCUT2D eigenvalue weighted by Gasteiger charge is -2.15. The fourth-order valence-electron chi connectivity index (χ4n) is 2.81. The van der Waals surface area contributed by atoms with Crippen molar-refractivity contribution in [1.29, 1.82) is 0 Å². The first-order valence-corrected chi connectivity index (χ1v) is 9.80. The molecule has 178 valence electrons. The molecule has 0 atom stereocenters. The van der Waals surface area contributed by atoms with E-state index in [4.69, 9.17) is 9.47 Å². The van der Waals surface area contributed by atoms with Crippen molar-refractivity contribution in [3.63, 3.8) is 0 Å². The van der Waals surface area contributed by atoms with Gasteiger partial charge < -0.3 is 24.8 Å². The van der Waals surface area contributed by atoms with Crippen LogP contribution in [0.15, 0.2) is 47.5 Å². The number of benzene rings is 2. The second kappa shape index (κ2) is 14.0. The molecule has 0 aromatic heterocycles. The Balaban J connectivity index is 0.00000512. The molecule has 0 fully saturated rings. The number of nitrogens with one attached hydrogen (secondary N) is 2. The van der Waals surface area contributed by atoms with E-state index in [0.29, 0.717) is 42.7 Å². The van der Waals surface area contributed by atoms with Crippen LogP contribution in [0.25, 0.3) is 0 Å². The van der Waals surface area contributed by atoms with Crippen molar-refractivity contribution in [3.05, 3.63) is 59.2 Å². The maximum atomic E-state index is 12.1. The molecule has 0 heterocycles. The van der Waals surface area contributed by atoms with Gasteiger partial charge in [0, 0.05) is 18.7 Å². The van der Waals surface area contributed by atoms with Crippen molar-refractivity contribution < 1.29 is 27.4 Å². The molecule has 2 aromatic rings. The molecule has 10 heteroatoms. The van der Waals surface area contributed by atoms with Gasteiger partial charge in [-0.1, -0.05) is 36.4 Å². The largest absolute Gasteiger partial charge is 0.493 e. The number of hydrogen-bond donors (Lipinski definition) is 2. The van der Waals surface area contributed by atoms with Crippen molar-refractivity contribution in [2.75, 3.05) is 27.4 Å². The van der Waals surface area contributed by atoms with Crippen LogP contribution < -0.4 is 20.1 Å². The average Bonchev–Trinajstić information content (AvgIpc) is 2.75. The number of para-hydroxylation sites is 1. The minimum Gasteiger partial charge on any atom is -0.493 e. The fraction of sp³-hybridized carbons (Fsp3) is 0.409. The van der Waals surface area contributed by atoms with E-state index in [9.17, 15) is 13.2 Å². The van der Waals surface area contributed by atoms with Crippen LogP contribution in [-0.2, 0) is 24.4 Å². The SMILES string of the molecule is CCNC(=NCc1ccc(COCC(F)(F)F)cc1)NCc1cccc(OC)c1OC.I. The van der Waals surface area contributed by atoms with Gasteiger partial charge in [0.05, 0.1) is 27.4 Å². The maximum Gasteiger partial charge on any atom is 0.411 e. The standard InChI is InChI=1S/C22H28F3N3O3.HI/c1-4-26-21(28-13-18-6-5-7-19(29-2)20(18)30-3)27-12-16-8-10-17(11-9-16)14-31-15-22(23,24)25;/h5-11H,4,12-15H2,1-3H3,(H2,26,27,28);1H. The van der Waals surface area contributed by atoms with Crippen molar-refractivity contribution >= 4 is 29.9 Å². The topological polar surface area (TPSA) is 64.1 Å². The normalized spacial score (nSPS) is 11.5. The third-order valence-corrected chi connectivity index (χ3v) is 4.25. The number of rotatable bonds is 10. The zero-order valence-electron chi connectivity index (χ0n) is 18.3. The molecule has 0 spiro atoms. The molecule has 2 aromatic carbocycles. The molecule has 0 aliphatic heterocycles. The van der Waals surface area contributed by atoms with Gasteiger partial charge >= 0.3 is 6.18 Å². The summed E-state index contributed by atoms with van der Waals surface area (Å²) in [5, 5.41) is 6.45. The molecular formula is C22H29F3IN3O3. The number of guanidine groups is 1. The van der Waals surface area contributed by atoms with Crippen molar-refractivity contribution in [2.45, 2.75) is 32.8 Å². The van der Waals surface area contributed by atoms with Gasteiger partial charge in [-0.15, -0.1) is 24.0 Å². The lowest BCUT2D eigenvalue weighted by Crippen LogP contribution is -2.36. The summed E-state index contributed by atoms with van der Waals surface area (Å²) in [5.41, 5.74) is 2.53. The monoisotopic (exact) mass is 567 g/mol. The van der Waals surface area contributed by atoms with Gasteiger partial charge in [-0.3, -0.25) is 0 Å². The highest BCUT2D eigenvalue weighted by molar-refractivity contribution is 14.0. The Kier molecular flexibility index (Phi) is 12.2. The van der Waals surface area contributed by atoms with E-state index in [1.54, 1.807) is 26.4 Å². The molecule has 0 aliphatic carbocycles. The van der Waals surface area contributed by atoms with Gasteiger partial charge in [0.25, 0.3) is 0 Å². The number of halogens is 4. The second-order valence-electron chi connectivity index (χ2n) is 6.63. The Bertz CT molecular complexity index is 847. The van der Waals surface area contributed by atoms with Crippen LogP contribution in [0.4, 0.5) is 13.2 Å². The first-order valence-electron chi connectivity index (χ1n) is 9.80. The molecule has 2 N–H and O–H groups in total. The molecule has 6 nitrogen and oxygen atoms in total. The van der Waals surface area contributed by atoms with Crippen LogP contribution >= 0.6 is 24.0 Å². The Morgan fingerprint density at radius 1 is 0.969 bits per heavy atom. The molecule has 0 saturated carbocycles. The number of nitrogens with zero attached hydrogens (tertiary/aromatic N) is 1. The van der Waals surface area contributed by atoms with E-state index in [1.807, 2.05) is 37.3 Å². The van der Waals surface area contributed by atoms with Crippen LogP contribution in [-0.4, -0.2) is 39.5 Å². The Morgan fingerprint density at radius 2 is 1.66 bits per heavy atom. The molecule has 0 radical (unpaired) electrons. The summed E-state index contributed by atoms with van der Waals surface area (Å²) >= 11 is 0. The predicted octanol–water partition coefficient (Wildman–Crippen LogP) is 4.66. The highest BCUT2D eigenvalue weighted by atomic mass is 127. The van der Waals surface area contributed by atoms with Crippen LogP contribution in [0.3, 0.4) is 0 Å². The molecule has 0 saturated heterocycles. The van der Waals surface area contributed by atoms with Crippen molar-refractivity contribution in [3.8, 4) is 11.5 Å². The number of methoxy groups -OCH3 is 2. The van der Waals surface area contributed by atoms with Crippen molar-refractivity contribution in [2.24, 2.45) is 4.99 Å². The number of aliphatic imine (C=N–C) groups is 1. The van der Waals surface area contributed by atoms with Crippen LogP contribution in [0.1, 0.15) is 23.6 Å². The van der Waals surface area contributed by atoms with E-state index in [0.717, 1.165) is 11.1 Å². The van der Waals surface area contributed by atoms with Crippen LogP contribution in [0.2, 0.25) is 0 Å². The van der Waals surface area contributed by atoms with Gasteiger partial charge in [-0.05, 0) is 24.1 Å². The summed E-state index contributed by atoms with van der Waals surface area (Å²) in [7, 11) is 3.19. The van der Waals surface area contributed by atoms with Crippen LogP contribution in [0, 0.1) is 0 Å². The molecule has 0 amide bonds. The average molecular weight is 567 g/mol. The van der Waals surface area contributed by atoms with Gasteiger partial charge in [0.15, 0.2) is 17.5 Å². The molecule has 32 heavy (non-hydrogen) atoms. The minimum atomic E-state index is -4.32. The molecular weight excluding hydrogens is 538 g/mol. The van der Waals surface area contributed by atoms with E-state index >= 15 is 0 Å². The zero-order chi connectivity index (χ0) is 22.7. The first kappa shape index (κ1) is 27.8.